The summed E-state index contributed by atoms with van der Waals surface area (Å²) in [6.07, 6.45) is 3.24. The van der Waals surface area contributed by atoms with E-state index in [0.29, 0.717) is 12.8 Å². The highest BCUT2D eigenvalue weighted by molar-refractivity contribution is 5.88. The Balaban J connectivity index is 1.23. The first-order valence-corrected chi connectivity index (χ1v) is 17.3. The highest BCUT2D eigenvalue weighted by atomic mass is 16.6. The second kappa shape index (κ2) is 13.3. The zero-order chi connectivity index (χ0) is 33.7. The van der Waals surface area contributed by atoms with Gasteiger partial charge in [0.1, 0.15) is 24.0 Å². The molecule has 2 aromatic carbocycles. The maximum absolute atomic E-state index is 14.5. The van der Waals surface area contributed by atoms with Crippen LogP contribution in [0.1, 0.15) is 61.5 Å². The summed E-state index contributed by atoms with van der Waals surface area (Å²) in [5, 5.41) is 0. The third-order valence-electron chi connectivity index (χ3n) is 12.4. The third kappa shape index (κ3) is 5.50. The molecule has 0 spiro atoms. The number of benzene rings is 2. The molecule has 5 aliphatic rings. The van der Waals surface area contributed by atoms with E-state index in [4.69, 9.17) is 18.9 Å². The second-order valence-electron chi connectivity index (χ2n) is 14.4. The van der Waals surface area contributed by atoms with Gasteiger partial charge in [-0.2, -0.15) is 0 Å². The first-order valence-electron chi connectivity index (χ1n) is 17.3. The van der Waals surface area contributed by atoms with Gasteiger partial charge < -0.3 is 18.9 Å². The number of ether oxygens (including phenoxy) is 4. The molecule has 10 nitrogen and oxygen atoms in total. The van der Waals surface area contributed by atoms with Crippen LogP contribution in [0.3, 0.4) is 0 Å². The number of rotatable bonds is 8. The zero-order valence-electron chi connectivity index (χ0n) is 28.1. The Kier molecular flexibility index (Phi) is 9.06. The summed E-state index contributed by atoms with van der Waals surface area (Å²) >= 11 is 0. The van der Waals surface area contributed by atoms with Crippen LogP contribution in [0.15, 0.2) is 60.7 Å². The average Bonchev–Trinajstić information content (AvgIpc) is 3.45. The van der Waals surface area contributed by atoms with Crippen molar-refractivity contribution in [2.75, 3.05) is 28.3 Å². The average molecular weight is 659 g/mol. The highest BCUT2D eigenvalue weighted by Crippen LogP contribution is 2.59. The molecule has 1 aliphatic carbocycles. The van der Waals surface area contributed by atoms with Crippen LogP contribution >= 0.6 is 0 Å². The zero-order valence-corrected chi connectivity index (χ0v) is 28.1. The molecular weight excluding hydrogens is 612 g/mol. The SMILES string of the molecule is COC(=O)C1C(OC(=O)[C@@H]2[C@H](C(=O)OC3C[C@@H]4CC[C@H](C3C(=O)OC)N4C)[C@H](c3ccccc3)[C@H]2c2ccccc2)C[C@@H]2CC[C@H]1N2C. The lowest BCUT2D eigenvalue weighted by atomic mass is 9.52. The fraction of sp³-hybridized carbons (Fsp3) is 0.579. The van der Waals surface area contributed by atoms with Gasteiger partial charge in [0.15, 0.2) is 0 Å². The summed E-state index contributed by atoms with van der Waals surface area (Å²) in [5.74, 6) is -5.41. The molecule has 256 valence electrons. The number of methoxy groups -OCH3 is 2. The minimum Gasteiger partial charge on any atom is -0.469 e. The van der Waals surface area contributed by atoms with E-state index in [1.54, 1.807) is 0 Å². The maximum Gasteiger partial charge on any atom is 0.314 e. The smallest absolute Gasteiger partial charge is 0.314 e. The summed E-state index contributed by atoms with van der Waals surface area (Å²) in [4.78, 5) is 59.7. The van der Waals surface area contributed by atoms with Crippen molar-refractivity contribution in [2.24, 2.45) is 23.7 Å². The molecule has 10 heteroatoms. The molecule has 2 aromatic rings. The van der Waals surface area contributed by atoms with Gasteiger partial charge in [-0.1, -0.05) is 60.7 Å². The van der Waals surface area contributed by atoms with Crippen molar-refractivity contribution in [3.05, 3.63) is 71.8 Å². The monoisotopic (exact) mass is 658 g/mol. The van der Waals surface area contributed by atoms with Gasteiger partial charge in [0.2, 0.25) is 0 Å². The number of carbonyl (C=O) groups is 4. The van der Waals surface area contributed by atoms with Gasteiger partial charge in [-0.3, -0.25) is 29.0 Å². The molecule has 5 fully saturated rings. The van der Waals surface area contributed by atoms with Crippen LogP contribution < -0.4 is 0 Å². The van der Waals surface area contributed by atoms with Crippen molar-refractivity contribution in [2.45, 2.75) is 86.7 Å². The number of carbonyl (C=O) groups excluding carboxylic acids is 4. The molecule has 4 saturated heterocycles. The van der Waals surface area contributed by atoms with Crippen LogP contribution in [0.4, 0.5) is 0 Å². The molecule has 0 N–H and O–H groups in total. The van der Waals surface area contributed by atoms with Crippen molar-refractivity contribution in [1.29, 1.82) is 0 Å². The number of esters is 4. The molecule has 0 aromatic heterocycles. The van der Waals surface area contributed by atoms with Crippen molar-refractivity contribution in [3.8, 4) is 0 Å². The molecule has 0 radical (unpaired) electrons. The van der Waals surface area contributed by atoms with E-state index in [1.807, 2.05) is 74.8 Å². The van der Waals surface area contributed by atoms with Gasteiger partial charge in [-0.15, -0.1) is 0 Å². The lowest BCUT2D eigenvalue weighted by Crippen LogP contribution is -2.58. The van der Waals surface area contributed by atoms with E-state index in [9.17, 15) is 19.2 Å². The van der Waals surface area contributed by atoms with Gasteiger partial charge >= 0.3 is 23.9 Å². The normalized spacial score (nSPS) is 37.2. The minimum atomic E-state index is -0.847. The summed E-state index contributed by atoms with van der Waals surface area (Å²) in [6, 6.07) is 19.8. The van der Waals surface area contributed by atoms with E-state index >= 15 is 0 Å². The van der Waals surface area contributed by atoms with Crippen LogP contribution in [0.5, 0.6) is 0 Å². The Morgan fingerprint density at radius 1 is 0.542 bits per heavy atom. The van der Waals surface area contributed by atoms with Crippen LogP contribution in [0.25, 0.3) is 0 Å². The van der Waals surface area contributed by atoms with E-state index in [0.717, 1.165) is 36.8 Å². The van der Waals surface area contributed by atoms with Crippen molar-refractivity contribution in [3.63, 3.8) is 0 Å². The van der Waals surface area contributed by atoms with Crippen molar-refractivity contribution >= 4 is 23.9 Å². The highest BCUT2D eigenvalue weighted by Gasteiger charge is 2.62. The first kappa shape index (κ1) is 32.8. The van der Waals surface area contributed by atoms with E-state index in [-0.39, 0.29) is 47.9 Å². The van der Waals surface area contributed by atoms with Crippen molar-refractivity contribution < 1.29 is 38.1 Å². The molecule has 4 unspecified atom stereocenters. The standard InChI is InChI=1S/C38H46N2O8/c1-39-23-15-17-25(39)31(35(41)45-3)27(19-23)47-37(43)33-29(21-11-7-5-8-12-21)30(22-13-9-6-10-14-22)34(33)38(44)48-28-20-24-16-18-26(40(24)2)32(28)36(42)46-4/h5-14,23-34H,15-20H2,1-4H3/t23-,24-,25+,26+,27?,28?,29+,30+,31?,32?,33-,34+/m0/s1. The Morgan fingerprint density at radius 2 is 0.917 bits per heavy atom. The summed E-state index contributed by atoms with van der Waals surface area (Å²) in [5.41, 5.74) is 1.85. The lowest BCUT2D eigenvalue weighted by Gasteiger charge is -2.51. The minimum absolute atomic E-state index is 0.0757. The van der Waals surface area contributed by atoms with Crippen LogP contribution in [-0.2, 0) is 38.1 Å². The van der Waals surface area contributed by atoms with Gasteiger partial charge in [-0.05, 0) is 50.9 Å². The van der Waals surface area contributed by atoms with Crippen LogP contribution in [0.2, 0.25) is 0 Å². The van der Waals surface area contributed by atoms with E-state index in [2.05, 4.69) is 9.80 Å². The fourth-order valence-corrected chi connectivity index (χ4v) is 9.94. The molecule has 7 rings (SSSR count). The third-order valence-corrected chi connectivity index (χ3v) is 12.4. The lowest BCUT2D eigenvalue weighted by molar-refractivity contribution is -0.190. The maximum atomic E-state index is 14.5. The fourth-order valence-electron chi connectivity index (χ4n) is 9.94. The predicted octanol–water partition coefficient (Wildman–Crippen LogP) is 3.94. The van der Waals surface area contributed by atoms with Crippen molar-refractivity contribution in [1.82, 2.24) is 9.80 Å². The quantitative estimate of drug-likeness (QED) is 0.306. The van der Waals surface area contributed by atoms with E-state index < -0.39 is 47.8 Å². The first-order chi connectivity index (χ1) is 23.2. The van der Waals surface area contributed by atoms with Gasteiger partial charge in [0, 0.05) is 48.8 Å². The largest absolute Gasteiger partial charge is 0.469 e. The van der Waals surface area contributed by atoms with Gasteiger partial charge in [0.25, 0.3) is 0 Å². The number of hydrogen-bond donors (Lipinski definition) is 0. The number of hydrogen-bond acceptors (Lipinski definition) is 10. The molecule has 4 heterocycles. The Morgan fingerprint density at radius 3 is 1.27 bits per heavy atom. The summed E-state index contributed by atoms with van der Waals surface area (Å²) in [6.45, 7) is 0. The molecule has 4 aliphatic heterocycles. The molecular formula is C38H46N2O8. The van der Waals surface area contributed by atoms with Gasteiger partial charge in [-0.25, -0.2) is 0 Å². The Labute approximate surface area is 282 Å². The Hall–Kier alpha value is -3.76. The predicted molar refractivity (Wildman–Crippen MR) is 174 cm³/mol. The van der Waals surface area contributed by atoms with Gasteiger partial charge in [0.05, 0.1) is 26.1 Å². The van der Waals surface area contributed by atoms with E-state index in [1.165, 1.54) is 14.2 Å². The molecule has 12 atom stereocenters. The molecule has 4 bridgehead atoms. The topological polar surface area (TPSA) is 112 Å². The summed E-state index contributed by atoms with van der Waals surface area (Å²) < 4.78 is 23.1. The number of piperidine rings is 2. The Bertz CT molecular complexity index is 1410. The second-order valence-corrected chi connectivity index (χ2v) is 14.4. The number of nitrogens with zero attached hydrogens (tertiary/aromatic N) is 2. The number of fused-ring (bicyclic) bond motifs is 4. The van der Waals surface area contributed by atoms with Crippen LogP contribution in [0, 0.1) is 23.7 Å². The van der Waals surface area contributed by atoms with Crippen LogP contribution in [-0.4, -0.2) is 98.4 Å². The summed E-state index contributed by atoms with van der Waals surface area (Å²) in [7, 11) is 6.77. The molecule has 1 saturated carbocycles. The molecule has 48 heavy (non-hydrogen) atoms. The molecule has 0 amide bonds.